The van der Waals surface area contributed by atoms with E-state index in [9.17, 15) is 0 Å². The Morgan fingerprint density at radius 2 is 2.33 bits per heavy atom. The van der Waals surface area contributed by atoms with Gasteiger partial charge in [0.25, 0.3) is 0 Å². The van der Waals surface area contributed by atoms with Gasteiger partial charge in [-0.1, -0.05) is 6.92 Å². The Hall–Kier alpha value is -0.920. The molecule has 1 rings (SSSR count). The summed E-state index contributed by atoms with van der Waals surface area (Å²) in [6.45, 7) is 7.39. The molecule has 0 amide bonds. The van der Waals surface area contributed by atoms with Crippen LogP contribution in [-0.4, -0.2) is 9.97 Å². The molecule has 0 N–H and O–H groups in total. The highest BCUT2D eigenvalue weighted by molar-refractivity contribution is 5.02. The average molecular weight is 120 g/mol. The smallest absolute Gasteiger partial charge is 0.0617 e. The van der Waals surface area contributed by atoms with E-state index in [0.29, 0.717) is 0 Å². The highest BCUT2D eigenvalue weighted by Gasteiger charge is 1.96. The Morgan fingerprint density at radius 3 is 2.67 bits per heavy atom. The monoisotopic (exact) mass is 120 g/mol. The third kappa shape index (κ3) is 1.49. The van der Waals surface area contributed by atoms with Crippen LogP contribution >= 0.6 is 0 Å². The van der Waals surface area contributed by atoms with Gasteiger partial charge >= 0.3 is 0 Å². The quantitative estimate of drug-likeness (QED) is 0.558. The minimum absolute atomic E-state index is 0.0151. The fourth-order valence-corrected chi connectivity index (χ4v) is 0.546. The Balaban J connectivity index is 2.85. The van der Waals surface area contributed by atoms with Gasteiger partial charge in [-0.3, -0.25) is 9.97 Å². The number of rotatable bonds is 1. The second-order valence-electron chi connectivity index (χ2n) is 1.92. The molecule has 2 heteroatoms. The highest BCUT2D eigenvalue weighted by atomic mass is 14.8. The van der Waals surface area contributed by atoms with Gasteiger partial charge in [0, 0.05) is 24.5 Å². The van der Waals surface area contributed by atoms with Crippen LogP contribution in [0.4, 0.5) is 0 Å². The maximum Gasteiger partial charge on any atom is 0.0617 e. The van der Waals surface area contributed by atoms with Crippen LogP contribution in [0, 0.1) is 6.92 Å². The van der Waals surface area contributed by atoms with Gasteiger partial charge in [0.2, 0.25) is 0 Å². The van der Waals surface area contributed by atoms with Gasteiger partial charge in [0.1, 0.15) is 0 Å². The third-order valence-corrected chi connectivity index (χ3v) is 1.05. The molecule has 0 spiro atoms. The Kier molecular flexibility index (Phi) is 1.78. The van der Waals surface area contributed by atoms with E-state index >= 15 is 0 Å². The lowest BCUT2D eigenvalue weighted by Crippen LogP contribution is -1.91. The molecule has 0 aliphatic rings. The zero-order valence-corrected chi connectivity index (χ0v) is 5.28. The van der Waals surface area contributed by atoms with E-state index in [1.165, 1.54) is 0 Å². The van der Waals surface area contributed by atoms with Gasteiger partial charge in [-0.05, 0) is 6.92 Å². The van der Waals surface area contributed by atoms with E-state index in [4.69, 9.17) is 6.92 Å². The molecule has 0 saturated carbocycles. The maximum absolute atomic E-state index is 5.51. The lowest BCUT2D eigenvalue weighted by molar-refractivity contribution is 0.886. The van der Waals surface area contributed by atoms with Crippen LogP contribution in [0.5, 0.6) is 0 Å². The first-order valence-corrected chi connectivity index (χ1v) is 2.82. The van der Waals surface area contributed by atoms with Gasteiger partial charge in [0.15, 0.2) is 0 Å². The van der Waals surface area contributed by atoms with Crippen molar-refractivity contribution in [2.45, 2.75) is 12.8 Å². The van der Waals surface area contributed by atoms with Crippen LogP contribution in [0.2, 0.25) is 0 Å². The van der Waals surface area contributed by atoms with Crippen molar-refractivity contribution < 1.29 is 0 Å². The summed E-state index contributed by atoms with van der Waals surface area (Å²) in [7, 11) is 0. The van der Waals surface area contributed by atoms with E-state index in [-0.39, 0.29) is 5.92 Å². The van der Waals surface area contributed by atoms with Crippen molar-refractivity contribution in [3.63, 3.8) is 0 Å². The lowest BCUT2D eigenvalue weighted by atomic mass is 10.1. The number of hydrogen-bond acceptors (Lipinski definition) is 2. The van der Waals surface area contributed by atoms with E-state index in [1.807, 2.05) is 6.92 Å². The zero-order valence-electron chi connectivity index (χ0n) is 5.28. The summed E-state index contributed by atoms with van der Waals surface area (Å²) in [6, 6.07) is 0. The van der Waals surface area contributed by atoms with Crippen LogP contribution in [0.1, 0.15) is 18.5 Å². The highest BCUT2D eigenvalue weighted by Crippen LogP contribution is 2.06. The summed E-state index contributed by atoms with van der Waals surface area (Å²) in [5.74, 6) is -0.0151. The van der Waals surface area contributed by atoms with Gasteiger partial charge in [-0.2, -0.15) is 0 Å². The Bertz CT molecular complexity index is 170. The number of aromatic nitrogens is 2. The standard InChI is InChI=1S/C7H8N2/c1-6(2)7-5-8-3-4-9-7/h1,3-6H,2H3. The van der Waals surface area contributed by atoms with Crippen molar-refractivity contribution in [3.05, 3.63) is 31.2 Å². The van der Waals surface area contributed by atoms with Gasteiger partial charge in [-0.15, -0.1) is 0 Å². The van der Waals surface area contributed by atoms with Crippen LogP contribution in [0.3, 0.4) is 0 Å². The molecule has 2 radical (unpaired) electrons. The first-order valence-electron chi connectivity index (χ1n) is 2.82. The molecule has 0 fully saturated rings. The minimum atomic E-state index is -0.0151. The van der Waals surface area contributed by atoms with Crippen molar-refractivity contribution in [3.8, 4) is 0 Å². The summed E-state index contributed by atoms with van der Waals surface area (Å²) in [6.07, 6.45) is 4.94. The first kappa shape index (κ1) is 6.20. The molecule has 46 valence electrons. The summed E-state index contributed by atoms with van der Waals surface area (Å²) < 4.78 is 0. The van der Waals surface area contributed by atoms with Gasteiger partial charge in [-0.25, -0.2) is 0 Å². The topological polar surface area (TPSA) is 25.8 Å². The van der Waals surface area contributed by atoms with Crippen LogP contribution in [-0.2, 0) is 0 Å². The van der Waals surface area contributed by atoms with E-state index in [1.54, 1.807) is 18.6 Å². The molecule has 2 nitrogen and oxygen atoms in total. The van der Waals surface area contributed by atoms with Crippen molar-refractivity contribution in [1.82, 2.24) is 9.97 Å². The molecule has 0 aliphatic heterocycles. The molecule has 1 aromatic rings. The summed E-state index contributed by atoms with van der Waals surface area (Å²) in [5, 5.41) is 0. The third-order valence-electron chi connectivity index (χ3n) is 1.05. The van der Waals surface area contributed by atoms with Crippen LogP contribution in [0.25, 0.3) is 0 Å². The van der Waals surface area contributed by atoms with Crippen molar-refractivity contribution in [1.29, 1.82) is 0 Å². The Morgan fingerprint density at radius 1 is 1.56 bits per heavy atom. The van der Waals surface area contributed by atoms with Gasteiger partial charge < -0.3 is 0 Å². The normalized spacial score (nSPS) is 10.1. The van der Waals surface area contributed by atoms with Crippen molar-refractivity contribution >= 4 is 0 Å². The molecule has 9 heavy (non-hydrogen) atoms. The number of hydrogen-bond donors (Lipinski definition) is 0. The lowest BCUT2D eigenvalue weighted by Gasteiger charge is -1.99. The molecule has 1 unspecified atom stereocenters. The predicted molar refractivity (Wildman–Crippen MR) is 34.7 cm³/mol. The predicted octanol–water partition coefficient (Wildman–Crippen LogP) is 1.29. The Labute approximate surface area is 55.0 Å². The minimum Gasteiger partial charge on any atom is -0.261 e. The van der Waals surface area contributed by atoms with Crippen LogP contribution < -0.4 is 0 Å². The second kappa shape index (κ2) is 2.58. The fraction of sp³-hybridized carbons (Fsp3) is 0.286. The van der Waals surface area contributed by atoms with Crippen LogP contribution in [0.15, 0.2) is 18.6 Å². The summed E-state index contributed by atoms with van der Waals surface area (Å²) >= 11 is 0. The van der Waals surface area contributed by atoms with Crippen molar-refractivity contribution in [2.24, 2.45) is 0 Å². The van der Waals surface area contributed by atoms with Gasteiger partial charge in [0.05, 0.1) is 5.69 Å². The number of nitrogens with zero attached hydrogens (tertiary/aromatic N) is 2. The summed E-state index contributed by atoms with van der Waals surface area (Å²) in [4.78, 5) is 7.85. The molecule has 0 aliphatic carbocycles. The molecular formula is C7H8N2. The van der Waals surface area contributed by atoms with E-state index < -0.39 is 0 Å². The molecule has 1 heterocycles. The maximum atomic E-state index is 5.51. The first-order chi connectivity index (χ1) is 4.30. The zero-order chi connectivity index (χ0) is 6.69. The molecule has 1 aromatic heterocycles. The fourth-order valence-electron chi connectivity index (χ4n) is 0.546. The average Bonchev–Trinajstić information content (AvgIpc) is 1.90. The molecular weight excluding hydrogens is 112 g/mol. The summed E-state index contributed by atoms with van der Waals surface area (Å²) in [5.41, 5.74) is 0.831. The second-order valence-corrected chi connectivity index (χ2v) is 1.92. The molecule has 1 atom stereocenters. The largest absolute Gasteiger partial charge is 0.261 e. The molecule has 0 aromatic carbocycles. The molecule has 0 saturated heterocycles. The van der Waals surface area contributed by atoms with Crippen molar-refractivity contribution in [2.75, 3.05) is 0 Å². The SMILES string of the molecule is [CH]C(C)c1cnccn1. The van der Waals surface area contributed by atoms with E-state index in [0.717, 1.165) is 5.69 Å². The van der Waals surface area contributed by atoms with E-state index in [2.05, 4.69) is 9.97 Å². The molecule has 0 bridgehead atoms.